The fourth-order valence-corrected chi connectivity index (χ4v) is 5.03. The van der Waals surface area contributed by atoms with Gasteiger partial charge in [-0.15, -0.1) is 0 Å². The normalized spacial score (nSPS) is 27.8. The molecule has 2 saturated heterocycles. The van der Waals surface area contributed by atoms with Crippen LogP contribution in [0.25, 0.3) is 11.4 Å². The van der Waals surface area contributed by atoms with E-state index in [1.807, 2.05) is 30.3 Å². The lowest BCUT2D eigenvalue weighted by molar-refractivity contribution is 0.120. The number of likely N-dealkylation sites (N-methyl/N-ethyl adjacent to an activating group) is 1. The van der Waals surface area contributed by atoms with Crippen molar-refractivity contribution >= 4 is 0 Å². The smallest absolute Gasteiger partial charge is 0.232 e. The Bertz CT molecular complexity index is 918. The average molecular weight is 359 g/mol. The van der Waals surface area contributed by atoms with E-state index in [2.05, 4.69) is 48.3 Å². The molecule has 2 aliphatic heterocycles. The maximum Gasteiger partial charge on any atom is 0.232 e. The van der Waals surface area contributed by atoms with E-state index < -0.39 is 0 Å². The fourth-order valence-electron chi connectivity index (χ4n) is 5.03. The van der Waals surface area contributed by atoms with Crippen LogP contribution in [0, 0.1) is 6.92 Å². The van der Waals surface area contributed by atoms with Gasteiger partial charge >= 0.3 is 0 Å². The third-order valence-corrected chi connectivity index (χ3v) is 6.53. The number of piperidine rings is 1. The number of hydrogen-bond donors (Lipinski definition) is 0. The zero-order valence-corrected chi connectivity index (χ0v) is 15.9. The second-order valence-electron chi connectivity index (χ2n) is 8.06. The largest absolute Gasteiger partial charge is 0.339 e. The van der Waals surface area contributed by atoms with Crippen LogP contribution in [0.1, 0.15) is 48.1 Å². The molecule has 4 heteroatoms. The van der Waals surface area contributed by atoms with Gasteiger partial charge in [-0.1, -0.05) is 65.3 Å². The summed E-state index contributed by atoms with van der Waals surface area (Å²) in [7, 11) is 2.26. The summed E-state index contributed by atoms with van der Waals surface area (Å²) in [5.74, 6) is 2.16. The first kappa shape index (κ1) is 16.7. The van der Waals surface area contributed by atoms with Crippen LogP contribution >= 0.6 is 0 Å². The molecular formula is C23H25N3O. The van der Waals surface area contributed by atoms with Crippen LogP contribution in [0.3, 0.4) is 0 Å². The number of fused-ring (bicyclic) bond motifs is 2. The van der Waals surface area contributed by atoms with E-state index >= 15 is 0 Å². The highest BCUT2D eigenvalue weighted by molar-refractivity contribution is 5.53. The zero-order chi connectivity index (χ0) is 18.4. The zero-order valence-electron chi connectivity index (χ0n) is 15.9. The van der Waals surface area contributed by atoms with E-state index in [0.717, 1.165) is 17.9 Å². The second kappa shape index (κ2) is 6.61. The van der Waals surface area contributed by atoms with Gasteiger partial charge in [0.2, 0.25) is 11.7 Å². The minimum Gasteiger partial charge on any atom is -0.339 e. The first-order valence-electron chi connectivity index (χ1n) is 9.88. The second-order valence-corrected chi connectivity index (χ2v) is 8.06. The van der Waals surface area contributed by atoms with Gasteiger partial charge in [0.25, 0.3) is 0 Å². The van der Waals surface area contributed by atoms with Crippen LogP contribution in [-0.2, 0) is 0 Å². The summed E-state index contributed by atoms with van der Waals surface area (Å²) in [4.78, 5) is 7.39. The van der Waals surface area contributed by atoms with Crippen molar-refractivity contribution in [2.45, 2.75) is 50.1 Å². The first-order chi connectivity index (χ1) is 13.2. The molecule has 2 bridgehead atoms. The Balaban J connectivity index is 1.54. The van der Waals surface area contributed by atoms with Crippen molar-refractivity contribution in [3.05, 3.63) is 71.6 Å². The lowest BCUT2D eigenvalue weighted by Gasteiger charge is -2.41. The van der Waals surface area contributed by atoms with Crippen LogP contribution in [-0.4, -0.2) is 34.2 Å². The summed E-state index contributed by atoms with van der Waals surface area (Å²) >= 11 is 0. The fraction of sp³-hybridized carbons (Fsp3) is 0.391. The van der Waals surface area contributed by atoms with Crippen LogP contribution in [0.4, 0.5) is 0 Å². The van der Waals surface area contributed by atoms with Crippen molar-refractivity contribution in [1.82, 2.24) is 15.0 Å². The summed E-state index contributed by atoms with van der Waals surface area (Å²) < 4.78 is 5.85. The molecule has 1 unspecified atom stereocenters. The highest BCUT2D eigenvalue weighted by Gasteiger charge is 2.48. The molecule has 2 fully saturated rings. The number of rotatable bonds is 3. The number of hydrogen-bond acceptors (Lipinski definition) is 4. The Morgan fingerprint density at radius 2 is 1.78 bits per heavy atom. The van der Waals surface area contributed by atoms with Crippen molar-refractivity contribution in [2.75, 3.05) is 7.05 Å². The number of nitrogens with zero attached hydrogens (tertiary/aromatic N) is 3. The molecule has 3 heterocycles. The van der Waals surface area contributed by atoms with Gasteiger partial charge in [0.1, 0.15) is 0 Å². The van der Waals surface area contributed by atoms with E-state index in [4.69, 9.17) is 9.51 Å². The van der Waals surface area contributed by atoms with Gasteiger partial charge in [0.15, 0.2) is 0 Å². The maximum absolute atomic E-state index is 5.85. The average Bonchev–Trinajstić information content (AvgIpc) is 3.26. The minimum absolute atomic E-state index is 0.251. The molecule has 1 aromatic heterocycles. The van der Waals surface area contributed by atoms with Crippen molar-refractivity contribution in [3.8, 4) is 11.4 Å². The van der Waals surface area contributed by atoms with Gasteiger partial charge in [0, 0.05) is 17.6 Å². The molecule has 0 aliphatic carbocycles. The summed E-state index contributed by atoms with van der Waals surface area (Å²) in [6.07, 6.45) is 3.63. The quantitative estimate of drug-likeness (QED) is 0.675. The molecule has 3 aromatic rings. The van der Waals surface area contributed by atoms with Gasteiger partial charge in [-0.3, -0.25) is 4.90 Å². The molecule has 0 saturated carbocycles. The summed E-state index contributed by atoms with van der Waals surface area (Å²) in [5, 5.41) is 4.31. The monoisotopic (exact) mass is 359 g/mol. The molecule has 5 rings (SSSR count). The Labute approximate surface area is 160 Å². The molecular weight excluding hydrogens is 334 g/mol. The first-order valence-corrected chi connectivity index (χ1v) is 9.88. The predicted molar refractivity (Wildman–Crippen MR) is 106 cm³/mol. The topological polar surface area (TPSA) is 42.2 Å². The van der Waals surface area contributed by atoms with Crippen molar-refractivity contribution in [2.24, 2.45) is 0 Å². The third kappa shape index (κ3) is 2.88. The van der Waals surface area contributed by atoms with E-state index in [0.29, 0.717) is 23.8 Å². The van der Waals surface area contributed by atoms with E-state index in [-0.39, 0.29) is 5.92 Å². The van der Waals surface area contributed by atoms with Gasteiger partial charge in [0.05, 0.1) is 5.92 Å². The summed E-state index contributed by atoms with van der Waals surface area (Å²) in [6.45, 7) is 2.14. The highest BCUT2D eigenvalue weighted by atomic mass is 16.5. The highest BCUT2D eigenvalue weighted by Crippen LogP contribution is 2.50. The maximum atomic E-state index is 5.85. The Morgan fingerprint density at radius 1 is 1.00 bits per heavy atom. The van der Waals surface area contributed by atoms with Crippen LogP contribution in [0.15, 0.2) is 59.1 Å². The molecule has 27 heavy (non-hydrogen) atoms. The molecule has 138 valence electrons. The molecule has 0 amide bonds. The van der Waals surface area contributed by atoms with Gasteiger partial charge in [-0.05, 0) is 44.7 Å². The Morgan fingerprint density at radius 3 is 2.56 bits per heavy atom. The molecule has 2 aromatic carbocycles. The van der Waals surface area contributed by atoms with Crippen molar-refractivity contribution in [1.29, 1.82) is 0 Å². The summed E-state index contributed by atoms with van der Waals surface area (Å²) in [6, 6.07) is 20.2. The Kier molecular flexibility index (Phi) is 4.09. The van der Waals surface area contributed by atoms with Gasteiger partial charge in [-0.25, -0.2) is 0 Å². The van der Waals surface area contributed by atoms with E-state index in [9.17, 15) is 0 Å². The standard InChI is InChI=1S/C23H25N3O/c1-15-8-10-16(11-9-15)19-14-18-12-13-20(26(18)2)21(19)23-24-22(25-27-23)17-6-4-3-5-7-17/h3-11,18-21H,12-14H2,1-2H3/t18-,19-,20?,21+/m1/s1. The van der Waals surface area contributed by atoms with Gasteiger partial charge in [-0.2, -0.15) is 4.98 Å². The van der Waals surface area contributed by atoms with Gasteiger partial charge < -0.3 is 4.52 Å². The van der Waals surface area contributed by atoms with Crippen LogP contribution in [0.5, 0.6) is 0 Å². The molecule has 2 aliphatic rings. The molecule has 0 N–H and O–H groups in total. The lowest BCUT2D eigenvalue weighted by Crippen LogP contribution is -2.44. The van der Waals surface area contributed by atoms with Crippen molar-refractivity contribution in [3.63, 3.8) is 0 Å². The number of aromatic nitrogens is 2. The Hall–Kier alpha value is -2.46. The molecule has 4 atom stereocenters. The number of benzene rings is 2. The molecule has 4 nitrogen and oxygen atoms in total. The minimum atomic E-state index is 0.251. The predicted octanol–water partition coefficient (Wildman–Crippen LogP) is 4.78. The lowest BCUT2D eigenvalue weighted by atomic mass is 9.76. The van der Waals surface area contributed by atoms with Crippen molar-refractivity contribution < 1.29 is 4.52 Å². The van der Waals surface area contributed by atoms with E-state index in [1.54, 1.807) is 0 Å². The third-order valence-electron chi connectivity index (χ3n) is 6.53. The van der Waals surface area contributed by atoms with E-state index in [1.165, 1.54) is 24.0 Å². The SMILES string of the molecule is Cc1ccc([C@H]2C[C@H]3CCC([C@H]2c2nc(-c4ccccc4)no2)N3C)cc1. The summed E-state index contributed by atoms with van der Waals surface area (Å²) in [5.41, 5.74) is 3.71. The number of aryl methyl sites for hydroxylation is 1. The molecule has 0 spiro atoms. The molecule has 0 radical (unpaired) electrons. The van der Waals surface area contributed by atoms with Crippen LogP contribution in [0.2, 0.25) is 0 Å². The van der Waals surface area contributed by atoms with Crippen LogP contribution < -0.4 is 0 Å².